The first kappa shape index (κ1) is 37.6. The monoisotopic (exact) mass is 654 g/mol. The fourth-order valence-corrected chi connectivity index (χ4v) is 4.81. The van der Waals surface area contributed by atoms with Gasteiger partial charge in [0.15, 0.2) is 0 Å². The summed E-state index contributed by atoms with van der Waals surface area (Å²) in [6.45, 7) is 4.17. The zero-order valence-corrected chi connectivity index (χ0v) is 28.5. The van der Waals surface area contributed by atoms with Crippen LogP contribution in [0.1, 0.15) is 26.7 Å². The Bertz CT molecular complexity index is 1560. The van der Waals surface area contributed by atoms with Gasteiger partial charge in [0.1, 0.15) is 0 Å². The Morgan fingerprint density at radius 2 is 0.714 bits per heavy atom. The Morgan fingerprint density at radius 3 is 0.905 bits per heavy atom. The third-order valence-electron chi connectivity index (χ3n) is 6.79. The zero-order valence-electron chi connectivity index (χ0n) is 23.9. The summed E-state index contributed by atoms with van der Waals surface area (Å²) >= 11 is 0. The molecule has 4 heteroatoms. The molecule has 0 heterocycles. The van der Waals surface area contributed by atoms with E-state index >= 15 is 0 Å². The summed E-state index contributed by atoms with van der Waals surface area (Å²) in [5.74, 6) is 0. The van der Waals surface area contributed by atoms with Gasteiger partial charge in [-0.1, -0.05) is 72.8 Å². The quantitative estimate of drug-likeness (QED) is 0.163. The van der Waals surface area contributed by atoms with Crippen LogP contribution in [-0.2, 0) is 43.4 Å². The van der Waals surface area contributed by atoms with Crippen LogP contribution in [0.25, 0.3) is 43.1 Å². The van der Waals surface area contributed by atoms with Gasteiger partial charge in [0, 0.05) is 0 Å². The number of halogens is 2. The molecular formula is C38H32Cl2Ti2-2. The predicted molar refractivity (Wildman–Crippen MR) is 166 cm³/mol. The molecule has 2 aliphatic carbocycles. The van der Waals surface area contributed by atoms with Crippen molar-refractivity contribution >= 4 is 43.1 Å². The number of hydrogen-bond acceptors (Lipinski definition) is 0. The largest absolute Gasteiger partial charge is 2.00 e. The summed E-state index contributed by atoms with van der Waals surface area (Å²) in [5.41, 5.74) is 2.69. The van der Waals surface area contributed by atoms with Gasteiger partial charge < -0.3 is 24.8 Å². The third-order valence-corrected chi connectivity index (χ3v) is 6.79. The molecule has 0 saturated carbocycles. The first-order valence-corrected chi connectivity index (χ1v) is 13.2. The van der Waals surface area contributed by atoms with Crippen molar-refractivity contribution in [2.24, 2.45) is 0 Å². The fraction of sp³-hybridized carbons (Fsp3) is 0.105. The van der Waals surface area contributed by atoms with Gasteiger partial charge in [-0.2, -0.15) is 12.2 Å². The average Bonchev–Trinajstić information content (AvgIpc) is 3.76. The van der Waals surface area contributed by atoms with Crippen LogP contribution in [0.2, 0.25) is 0 Å². The van der Waals surface area contributed by atoms with Gasteiger partial charge in [0.25, 0.3) is 0 Å². The van der Waals surface area contributed by atoms with Crippen LogP contribution < -0.4 is 24.8 Å². The van der Waals surface area contributed by atoms with Crippen molar-refractivity contribution < 1.29 is 68.2 Å². The minimum atomic E-state index is 0. The van der Waals surface area contributed by atoms with Gasteiger partial charge in [0.2, 0.25) is 0 Å². The molecule has 0 unspecified atom stereocenters. The van der Waals surface area contributed by atoms with Gasteiger partial charge >= 0.3 is 43.4 Å². The van der Waals surface area contributed by atoms with E-state index in [0.717, 1.165) is 12.8 Å². The second-order valence-corrected chi connectivity index (χ2v) is 9.64. The van der Waals surface area contributed by atoms with E-state index in [-0.39, 0.29) is 68.2 Å². The smallest absolute Gasteiger partial charge is 1.00 e. The number of allylic oxidation sites excluding steroid dienone is 8. The Morgan fingerprint density at radius 1 is 0.452 bits per heavy atom. The van der Waals surface area contributed by atoms with E-state index in [9.17, 15) is 0 Å². The van der Waals surface area contributed by atoms with Gasteiger partial charge in [-0.05, 0) is 0 Å². The summed E-state index contributed by atoms with van der Waals surface area (Å²) < 4.78 is 0. The maximum Gasteiger partial charge on any atom is 2.00 e. The topological polar surface area (TPSA) is 0 Å². The van der Waals surface area contributed by atoms with Gasteiger partial charge in [-0.15, -0.1) is 106 Å². The molecule has 208 valence electrons. The first-order chi connectivity index (χ1) is 18.7. The maximum absolute atomic E-state index is 3.05. The summed E-state index contributed by atoms with van der Waals surface area (Å²) in [4.78, 5) is 0. The normalized spacial score (nSPS) is 12.1. The van der Waals surface area contributed by atoms with E-state index in [2.05, 4.69) is 147 Å². The van der Waals surface area contributed by atoms with Crippen molar-refractivity contribution in [2.45, 2.75) is 26.7 Å². The molecule has 0 bridgehead atoms. The van der Waals surface area contributed by atoms with Crippen molar-refractivity contribution in [2.75, 3.05) is 0 Å². The van der Waals surface area contributed by atoms with E-state index in [1.165, 1.54) is 54.2 Å². The van der Waals surface area contributed by atoms with Crippen LogP contribution in [0.15, 0.2) is 145 Å². The molecular weight excluding hydrogens is 623 g/mol. The second-order valence-electron chi connectivity index (χ2n) is 9.64. The summed E-state index contributed by atoms with van der Waals surface area (Å²) in [5, 5.41) is 10.8. The van der Waals surface area contributed by atoms with Crippen LogP contribution in [0.3, 0.4) is 0 Å². The fourth-order valence-electron chi connectivity index (χ4n) is 4.81. The van der Waals surface area contributed by atoms with Crippen LogP contribution >= 0.6 is 0 Å². The maximum atomic E-state index is 3.05. The van der Waals surface area contributed by atoms with Gasteiger partial charge in [-0.3, -0.25) is 12.2 Å². The summed E-state index contributed by atoms with van der Waals surface area (Å²) in [6.07, 6.45) is 16.5. The minimum absolute atomic E-state index is 0. The Hall–Kier alpha value is -2.41. The third kappa shape index (κ3) is 9.82. The number of rotatable bonds is 0. The van der Waals surface area contributed by atoms with E-state index in [0.29, 0.717) is 0 Å². The molecule has 6 aromatic carbocycles. The van der Waals surface area contributed by atoms with Gasteiger partial charge in [0.05, 0.1) is 0 Å². The Labute approximate surface area is 292 Å². The molecule has 0 atom stereocenters. The summed E-state index contributed by atoms with van der Waals surface area (Å²) in [7, 11) is 0. The predicted octanol–water partition coefficient (Wildman–Crippen LogP) is 4.82. The number of benzene rings is 4. The standard InChI is InChI=1S/2C13H9.2C6H7.2ClH.2Ti/c2*1-3-7-12-10(5-1)9-11-6-2-4-8-13(11)12;2*1-6-4-2-3-5-6;;;;/h2*1-9H;2*4-5H,2H2,1H3;2*1H;;/q4*-1;;;2*+2/p-2. The van der Waals surface area contributed by atoms with Crippen LogP contribution in [0, 0.1) is 12.2 Å². The SMILES string of the molecule is CC1=CC[C-]=C1.CC1=CC[C-]=C1.[Cl-].[Cl-].[Ti+2].[Ti+2].c1ccc2c(c1)[cH-]c1ccccc12.c1ccc2c(c1)[cH-]c1ccccc12. The first-order valence-electron chi connectivity index (χ1n) is 13.2. The van der Waals surface area contributed by atoms with E-state index < -0.39 is 0 Å². The summed E-state index contributed by atoms with van der Waals surface area (Å²) in [6, 6.07) is 38.5. The van der Waals surface area contributed by atoms with Crippen molar-refractivity contribution in [1.29, 1.82) is 0 Å². The molecule has 0 spiro atoms. The molecule has 0 aromatic heterocycles. The molecule has 0 saturated heterocycles. The molecule has 0 nitrogen and oxygen atoms in total. The van der Waals surface area contributed by atoms with Crippen molar-refractivity contribution in [3.8, 4) is 0 Å². The van der Waals surface area contributed by atoms with Crippen molar-refractivity contribution in [3.05, 3.63) is 157 Å². The molecule has 0 amide bonds. The minimum Gasteiger partial charge on any atom is -1.00 e. The van der Waals surface area contributed by atoms with Crippen LogP contribution in [0.4, 0.5) is 0 Å². The zero-order chi connectivity index (χ0) is 26.2. The van der Waals surface area contributed by atoms with E-state index in [1.54, 1.807) is 0 Å². The van der Waals surface area contributed by atoms with E-state index in [4.69, 9.17) is 0 Å². The number of fused-ring (bicyclic) bond motifs is 6. The Balaban J connectivity index is 0.000000287. The molecule has 2 aliphatic rings. The molecule has 8 rings (SSSR count). The number of hydrogen-bond donors (Lipinski definition) is 0. The van der Waals surface area contributed by atoms with Crippen molar-refractivity contribution in [3.63, 3.8) is 0 Å². The molecule has 42 heavy (non-hydrogen) atoms. The Kier molecular flexibility index (Phi) is 17.0. The van der Waals surface area contributed by atoms with Crippen LogP contribution in [0.5, 0.6) is 0 Å². The molecule has 0 fully saturated rings. The van der Waals surface area contributed by atoms with Crippen LogP contribution in [-0.4, -0.2) is 0 Å². The molecule has 6 aromatic rings. The van der Waals surface area contributed by atoms with E-state index in [1.807, 2.05) is 12.2 Å². The molecule has 0 N–H and O–H groups in total. The second kappa shape index (κ2) is 19.0. The average molecular weight is 655 g/mol. The molecule has 0 radical (unpaired) electrons. The van der Waals surface area contributed by atoms with Crippen molar-refractivity contribution in [1.82, 2.24) is 0 Å². The molecule has 0 aliphatic heterocycles. The van der Waals surface area contributed by atoms with Gasteiger partial charge in [-0.25, -0.2) is 23.3 Å².